The maximum atomic E-state index is 12.1. The Balaban J connectivity index is 2.37. The van der Waals surface area contributed by atoms with Crippen LogP contribution in [0.1, 0.15) is 25.1 Å². The van der Waals surface area contributed by atoms with Crippen LogP contribution in [0.5, 0.6) is 0 Å². The number of amides is 1. The van der Waals surface area contributed by atoms with Gasteiger partial charge in [0.15, 0.2) is 11.2 Å². The summed E-state index contributed by atoms with van der Waals surface area (Å²) in [4.78, 5) is 26.9. The van der Waals surface area contributed by atoms with Crippen LogP contribution in [0.2, 0.25) is 0 Å². The summed E-state index contributed by atoms with van der Waals surface area (Å²) in [5.74, 6) is 0.376. The topological polar surface area (TPSA) is 75.1 Å². The van der Waals surface area contributed by atoms with Crippen molar-refractivity contribution in [3.05, 3.63) is 45.9 Å². The van der Waals surface area contributed by atoms with E-state index in [9.17, 15) is 9.59 Å². The van der Waals surface area contributed by atoms with E-state index in [0.29, 0.717) is 17.0 Å². The minimum atomic E-state index is -0.119. The molecule has 0 fully saturated rings. The van der Waals surface area contributed by atoms with Crippen molar-refractivity contribution in [3.8, 4) is 11.5 Å². The summed E-state index contributed by atoms with van der Waals surface area (Å²) < 4.78 is 5.34. The number of hydrogen-bond donors (Lipinski definition) is 2. The zero-order valence-electron chi connectivity index (χ0n) is 11.8. The molecule has 0 bridgehead atoms. The molecule has 0 saturated carbocycles. The lowest BCUT2D eigenvalue weighted by molar-refractivity contribution is -0.124. The van der Waals surface area contributed by atoms with Crippen molar-refractivity contribution in [3.63, 3.8) is 0 Å². The van der Waals surface area contributed by atoms with Gasteiger partial charge in [0, 0.05) is 29.8 Å². The highest BCUT2D eigenvalue weighted by molar-refractivity contribution is 5.78. The van der Waals surface area contributed by atoms with Gasteiger partial charge in [-0.25, -0.2) is 0 Å². The molecule has 0 spiro atoms. The van der Waals surface area contributed by atoms with Crippen LogP contribution >= 0.6 is 0 Å². The largest absolute Gasteiger partial charge is 0.463 e. The Morgan fingerprint density at radius 1 is 1.45 bits per heavy atom. The molecule has 2 N–H and O–H groups in total. The molecule has 0 radical (unpaired) electrons. The van der Waals surface area contributed by atoms with Crippen molar-refractivity contribution in [2.75, 3.05) is 0 Å². The average Bonchev–Trinajstić information content (AvgIpc) is 2.90. The molecule has 0 atom stereocenters. The van der Waals surface area contributed by atoms with E-state index in [1.54, 1.807) is 18.4 Å². The minimum Gasteiger partial charge on any atom is -0.463 e. The SMILES string of the molecule is Cc1cc(=O)c(CNC(=O)C(C)C)c(-c2ccco2)[nH]1. The highest BCUT2D eigenvalue weighted by Gasteiger charge is 2.14. The Bertz CT molecular complexity index is 654. The summed E-state index contributed by atoms with van der Waals surface area (Å²) in [6.07, 6.45) is 1.55. The van der Waals surface area contributed by atoms with E-state index in [-0.39, 0.29) is 23.8 Å². The van der Waals surface area contributed by atoms with Crippen molar-refractivity contribution in [1.29, 1.82) is 0 Å². The number of hydrogen-bond acceptors (Lipinski definition) is 3. The molecule has 0 aliphatic rings. The zero-order valence-corrected chi connectivity index (χ0v) is 11.8. The van der Waals surface area contributed by atoms with E-state index in [1.165, 1.54) is 6.07 Å². The van der Waals surface area contributed by atoms with Crippen LogP contribution < -0.4 is 10.7 Å². The number of aromatic amines is 1. The number of pyridine rings is 1. The Morgan fingerprint density at radius 2 is 2.20 bits per heavy atom. The lowest BCUT2D eigenvalue weighted by atomic mass is 10.1. The molecule has 0 unspecified atom stereocenters. The standard InChI is InChI=1S/C15H18N2O3/c1-9(2)15(19)16-8-11-12(18)7-10(3)17-14(11)13-5-4-6-20-13/h4-7,9H,8H2,1-3H3,(H,16,19)(H,17,18). The molecule has 106 valence electrons. The molecule has 1 amide bonds. The highest BCUT2D eigenvalue weighted by atomic mass is 16.3. The fourth-order valence-electron chi connectivity index (χ4n) is 1.90. The summed E-state index contributed by atoms with van der Waals surface area (Å²) in [6, 6.07) is 5.05. The number of rotatable bonds is 4. The number of H-pyrrole nitrogens is 1. The van der Waals surface area contributed by atoms with Gasteiger partial charge in [-0.05, 0) is 19.1 Å². The Morgan fingerprint density at radius 3 is 2.80 bits per heavy atom. The van der Waals surface area contributed by atoms with Crippen molar-refractivity contribution >= 4 is 5.91 Å². The summed E-state index contributed by atoms with van der Waals surface area (Å²) in [6.45, 7) is 5.61. The third-order valence-electron chi connectivity index (χ3n) is 3.00. The molecule has 2 aromatic heterocycles. The minimum absolute atomic E-state index is 0.0876. The van der Waals surface area contributed by atoms with Crippen LogP contribution in [0, 0.1) is 12.8 Å². The normalized spacial score (nSPS) is 10.8. The van der Waals surface area contributed by atoms with Gasteiger partial charge in [-0.3, -0.25) is 9.59 Å². The molecule has 2 heterocycles. The summed E-state index contributed by atoms with van der Waals surface area (Å²) >= 11 is 0. The number of aryl methyl sites for hydroxylation is 1. The number of carbonyl (C=O) groups is 1. The third kappa shape index (κ3) is 2.99. The first-order valence-corrected chi connectivity index (χ1v) is 6.53. The number of furan rings is 1. The first-order valence-electron chi connectivity index (χ1n) is 6.53. The summed E-state index contributed by atoms with van der Waals surface area (Å²) in [5.41, 5.74) is 1.75. The second-order valence-corrected chi connectivity index (χ2v) is 5.02. The van der Waals surface area contributed by atoms with Gasteiger partial charge in [0.25, 0.3) is 0 Å². The Kier molecular flexibility index (Phi) is 4.08. The lowest BCUT2D eigenvalue weighted by Crippen LogP contribution is -2.30. The predicted octanol–water partition coefficient (Wildman–Crippen LogP) is 2.22. The van der Waals surface area contributed by atoms with Crippen LogP contribution in [0.3, 0.4) is 0 Å². The second kappa shape index (κ2) is 5.77. The molecule has 20 heavy (non-hydrogen) atoms. The lowest BCUT2D eigenvalue weighted by Gasteiger charge is -2.11. The number of carbonyl (C=O) groups excluding carboxylic acids is 1. The van der Waals surface area contributed by atoms with E-state index in [1.807, 2.05) is 20.8 Å². The molecule has 0 saturated heterocycles. The molecule has 2 rings (SSSR count). The van der Waals surface area contributed by atoms with Gasteiger partial charge in [-0.2, -0.15) is 0 Å². The van der Waals surface area contributed by atoms with Gasteiger partial charge in [0.1, 0.15) is 0 Å². The highest BCUT2D eigenvalue weighted by Crippen LogP contribution is 2.20. The van der Waals surface area contributed by atoms with Gasteiger partial charge in [0.2, 0.25) is 5.91 Å². The molecular weight excluding hydrogens is 256 g/mol. The molecular formula is C15H18N2O3. The van der Waals surface area contributed by atoms with E-state index < -0.39 is 0 Å². The fraction of sp³-hybridized carbons (Fsp3) is 0.333. The van der Waals surface area contributed by atoms with Gasteiger partial charge >= 0.3 is 0 Å². The maximum absolute atomic E-state index is 12.1. The smallest absolute Gasteiger partial charge is 0.222 e. The van der Waals surface area contributed by atoms with Gasteiger partial charge in [-0.15, -0.1) is 0 Å². The van der Waals surface area contributed by atoms with E-state index in [4.69, 9.17) is 4.42 Å². The summed E-state index contributed by atoms with van der Waals surface area (Å²) in [7, 11) is 0. The first kappa shape index (κ1) is 14.1. The van der Waals surface area contributed by atoms with Crippen molar-refractivity contribution in [2.24, 2.45) is 5.92 Å². The monoisotopic (exact) mass is 274 g/mol. The number of nitrogens with one attached hydrogen (secondary N) is 2. The van der Waals surface area contributed by atoms with Gasteiger partial charge in [0.05, 0.1) is 12.0 Å². The van der Waals surface area contributed by atoms with Crippen molar-refractivity contribution in [2.45, 2.75) is 27.3 Å². The molecule has 0 aliphatic heterocycles. The molecule has 5 heteroatoms. The average molecular weight is 274 g/mol. The predicted molar refractivity (Wildman–Crippen MR) is 76.2 cm³/mol. The number of aromatic nitrogens is 1. The van der Waals surface area contributed by atoms with Crippen LogP contribution in [-0.2, 0) is 11.3 Å². The van der Waals surface area contributed by atoms with Crippen LogP contribution in [0.15, 0.2) is 33.7 Å². The van der Waals surface area contributed by atoms with E-state index >= 15 is 0 Å². The molecule has 5 nitrogen and oxygen atoms in total. The second-order valence-electron chi connectivity index (χ2n) is 5.02. The Labute approximate surface area is 117 Å². The third-order valence-corrected chi connectivity index (χ3v) is 3.00. The van der Waals surface area contributed by atoms with Crippen LogP contribution in [-0.4, -0.2) is 10.9 Å². The summed E-state index contributed by atoms with van der Waals surface area (Å²) in [5, 5.41) is 2.76. The van der Waals surface area contributed by atoms with Crippen molar-refractivity contribution in [1.82, 2.24) is 10.3 Å². The van der Waals surface area contributed by atoms with Crippen LogP contribution in [0.25, 0.3) is 11.5 Å². The van der Waals surface area contributed by atoms with Gasteiger partial charge in [-0.1, -0.05) is 13.8 Å². The quantitative estimate of drug-likeness (QED) is 0.897. The molecule has 0 aromatic carbocycles. The van der Waals surface area contributed by atoms with Crippen molar-refractivity contribution < 1.29 is 9.21 Å². The zero-order chi connectivity index (χ0) is 14.7. The van der Waals surface area contributed by atoms with E-state index in [2.05, 4.69) is 10.3 Å². The molecule has 2 aromatic rings. The first-order chi connectivity index (χ1) is 9.49. The van der Waals surface area contributed by atoms with Gasteiger partial charge < -0.3 is 14.7 Å². The fourth-order valence-corrected chi connectivity index (χ4v) is 1.90. The Hall–Kier alpha value is -2.30. The maximum Gasteiger partial charge on any atom is 0.222 e. The molecule has 0 aliphatic carbocycles. The van der Waals surface area contributed by atoms with E-state index in [0.717, 1.165) is 5.69 Å². The van der Waals surface area contributed by atoms with Crippen LogP contribution in [0.4, 0.5) is 0 Å².